The third-order valence-corrected chi connectivity index (χ3v) is 6.70. The Balaban J connectivity index is 1.91. The Kier molecular flexibility index (Phi) is 5.24. The second kappa shape index (κ2) is 7.72. The molecule has 2 aromatic heterocycles. The van der Waals surface area contributed by atoms with E-state index in [1.54, 1.807) is 11.8 Å². The van der Waals surface area contributed by atoms with Crippen molar-refractivity contribution in [3.8, 4) is 0 Å². The van der Waals surface area contributed by atoms with Crippen LogP contribution in [0, 0.1) is 13.8 Å². The van der Waals surface area contributed by atoms with E-state index >= 15 is 0 Å². The van der Waals surface area contributed by atoms with Gasteiger partial charge in [-0.15, -0.1) is 11.3 Å². The van der Waals surface area contributed by atoms with E-state index in [4.69, 9.17) is 0 Å². The molecule has 1 N–H and O–H groups in total. The maximum absolute atomic E-state index is 13.5. The fraction of sp³-hybridized carbons (Fsp3) is 0.348. The fourth-order valence-corrected chi connectivity index (χ4v) is 5.10. The smallest absolute Gasteiger partial charge is 0.290 e. The molecule has 7 heteroatoms. The van der Waals surface area contributed by atoms with Gasteiger partial charge in [0, 0.05) is 36.3 Å². The zero-order valence-electron chi connectivity index (χ0n) is 17.6. The molecule has 3 heterocycles. The molecule has 0 bridgehead atoms. The largest absolute Gasteiger partial charge is 0.503 e. The van der Waals surface area contributed by atoms with Crippen LogP contribution in [0.15, 0.2) is 41.8 Å². The van der Waals surface area contributed by atoms with Crippen molar-refractivity contribution in [3.05, 3.63) is 62.9 Å². The Labute approximate surface area is 179 Å². The van der Waals surface area contributed by atoms with Crippen LogP contribution >= 0.6 is 11.3 Å². The van der Waals surface area contributed by atoms with Crippen LogP contribution < -0.4 is 0 Å². The number of amides is 1. The van der Waals surface area contributed by atoms with Crippen LogP contribution in [0.4, 0.5) is 0 Å². The topological polar surface area (TPSA) is 75.4 Å². The number of aryl methyl sites for hydroxylation is 3. The normalized spacial score (nSPS) is 16.9. The summed E-state index contributed by atoms with van der Waals surface area (Å²) < 4.78 is 1.99. The van der Waals surface area contributed by atoms with Gasteiger partial charge >= 0.3 is 0 Å². The molecule has 156 valence electrons. The van der Waals surface area contributed by atoms with E-state index in [9.17, 15) is 14.7 Å². The van der Waals surface area contributed by atoms with Gasteiger partial charge in [-0.3, -0.25) is 9.59 Å². The van der Waals surface area contributed by atoms with Gasteiger partial charge in [-0.05, 0) is 26.3 Å². The van der Waals surface area contributed by atoms with Crippen molar-refractivity contribution in [2.24, 2.45) is 7.05 Å². The molecule has 0 saturated heterocycles. The quantitative estimate of drug-likeness (QED) is 0.587. The van der Waals surface area contributed by atoms with Crippen LogP contribution in [0.25, 0.3) is 10.9 Å². The molecule has 0 spiro atoms. The standard InChI is InChI=1S/C23H25N3O3S/c1-5-6-11-26-19(16-12-25(4)17-10-8-7-9-15(16)17)18(21(28)23(26)29)20(27)22-13(2)24-14(3)30-22/h7-10,12,19,28H,5-6,11H2,1-4H3. The molecular formula is C23H25N3O3S. The van der Waals surface area contributed by atoms with Crippen molar-refractivity contribution >= 4 is 33.9 Å². The number of aromatic nitrogens is 2. The lowest BCUT2D eigenvalue weighted by Gasteiger charge is -2.26. The number of hydrogen-bond acceptors (Lipinski definition) is 5. The summed E-state index contributed by atoms with van der Waals surface area (Å²) >= 11 is 1.30. The Morgan fingerprint density at radius 1 is 1.27 bits per heavy atom. The van der Waals surface area contributed by atoms with Crippen molar-refractivity contribution in [2.75, 3.05) is 6.54 Å². The molecule has 1 atom stereocenters. The van der Waals surface area contributed by atoms with Crippen molar-refractivity contribution in [1.82, 2.24) is 14.5 Å². The van der Waals surface area contributed by atoms with Gasteiger partial charge in [-0.2, -0.15) is 0 Å². The molecule has 0 fully saturated rings. The Morgan fingerprint density at radius 2 is 2.00 bits per heavy atom. The number of carbonyl (C=O) groups excluding carboxylic acids is 2. The average molecular weight is 424 g/mol. The number of unbranched alkanes of at least 4 members (excludes halogenated alkanes) is 1. The molecule has 0 radical (unpaired) electrons. The lowest BCUT2D eigenvalue weighted by molar-refractivity contribution is -0.129. The average Bonchev–Trinajstić information content (AvgIpc) is 3.32. The lowest BCUT2D eigenvalue weighted by atomic mass is 9.94. The minimum atomic E-state index is -0.621. The van der Waals surface area contributed by atoms with E-state index in [1.165, 1.54) is 11.3 Å². The molecule has 1 aliphatic heterocycles. The number of benzene rings is 1. The van der Waals surface area contributed by atoms with Gasteiger partial charge in [0.05, 0.1) is 27.2 Å². The monoisotopic (exact) mass is 423 g/mol. The van der Waals surface area contributed by atoms with Crippen LogP contribution in [-0.2, 0) is 11.8 Å². The Morgan fingerprint density at radius 3 is 2.67 bits per heavy atom. The summed E-state index contributed by atoms with van der Waals surface area (Å²) in [5.41, 5.74) is 2.64. The zero-order valence-corrected chi connectivity index (χ0v) is 18.4. The van der Waals surface area contributed by atoms with Crippen molar-refractivity contribution in [1.29, 1.82) is 0 Å². The van der Waals surface area contributed by atoms with E-state index in [-0.39, 0.29) is 11.4 Å². The first-order chi connectivity index (χ1) is 14.3. The number of para-hydroxylation sites is 1. The number of rotatable bonds is 6. The Hall–Kier alpha value is -2.93. The predicted octanol–water partition coefficient (Wildman–Crippen LogP) is 4.63. The third-order valence-electron chi connectivity index (χ3n) is 5.63. The summed E-state index contributed by atoms with van der Waals surface area (Å²) in [5, 5.41) is 12.6. The second-order valence-electron chi connectivity index (χ2n) is 7.71. The number of aliphatic hydroxyl groups is 1. The molecule has 1 unspecified atom stereocenters. The van der Waals surface area contributed by atoms with Gasteiger partial charge < -0.3 is 14.6 Å². The van der Waals surface area contributed by atoms with Crippen LogP contribution in [0.2, 0.25) is 0 Å². The van der Waals surface area contributed by atoms with Gasteiger partial charge in [0.25, 0.3) is 5.91 Å². The number of fused-ring (bicyclic) bond motifs is 1. The molecule has 0 aliphatic carbocycles. The number of ketones is 1. The highest BCUT2D eigenvalue weighted by Crippen LogP contribution is 2.43. The summed E-state index contributed by atoms with van der Waals surface area (Å²) in [6.45, 7) is 6.16. The molecule has 1 aliphatic rings. The number of Topliss-reactive ketones (excluding diaryl/α,β-unsaturated/α-hetero) is 1. The van der Waals surface area contributed by atoms with E-state index in [1.807, 2.05) is 49.0 Å². The van der Waals surface area contributed by atoms with Gasteiger partial charge in [-0.1, -0.05) is 31.5 Å². The highest BCUT2D eigenvalue weighted by Gasteiger charge is 2.45. The number of carbonyl (C=O) groups is 2. The fourth-order valence-electron chi connectivity index (χ4n) is 4.22. The van der Waals surface area contributed by atoms with Crippen molar-refractivity contribution < 1.29 is 14.7 Å². The lowest BCUT2D eigenvalue weighted by Crippen LogP contribution is -2.32. The minimum absolute atomic E-state index is 0.152. The summed E-state index contributed by atoms with van der Waals surface area (Å²) in [4.78, 5) is 33.0. The summed E-state index contributed by atoms with van der Waals surface area (Å²) in [5.74, 6) is -1.25. The molecule has 30 heavy (non-hydrogen) atoms. The zero-order chi connectivity index (χ0) is 21.6. The van der Waals surface area contributed by atoms with Gasteiger partial charge in [-0.25, -0.2) is 4.98 Å². The second-order valence-corrected chi connectivity index (χ2v) is 8.91. The van der Waals surface area contributed by atoms with Gasteiger partial charge in [0.1, 0.15) is 0 Å². The molecule has 1 amide bonds. The molecule has 4 rings (SSSR count). The number of nitrogens with zero attached hydrogens (tertiary/aromatic N) is 3. The minimum Gasteiger partial charge on any atom is -0.503 e. The molecule has 6 nitrogen and oxygen atoms in total. The van der Waals surface area contributed by atoms with Gasteiger partial charge in [0.15, 0.2) is 5.76 Å². The highest BCUT2D eigenvalue weighted by atomic mass is 32.1. The summed E-state index contributed by atoms with van der Waals surface area (Å²) in [7, 11) is 1.95. The highest BCUT2D eigenvalue weighted by molar-refractivity contribution is 7.14. The molecule has 3 aromatic rings. The maximum atomic E-state index is 13.5. The van der Waals surface area contributed by atoms with Crippen molar-refractivity contribution in [3.63, 3.8) is 0 Å². The van der Waals surface area contributed by atoms with Crippen LogP contribution in [0.5, 0.6) is 0 Å². The van der Waals surface area contributed by atoms with E-state index in [0.29, 0.717) is 17.1 Å². The molecule has 0 saturated carbocycles. The number of thiazole rings is 1. The van der Waals surface area contributed by atoms with Crippen LogP contribution in [0.3, 0.4) is 0 Å². The first kappa shape index (κ1) is 20.3. The van der Waals surface area contributed by atoms with E-state index < -0.39 is 17.7 Å². The SMILES string of the molecule is CCCCN1C(=O)C(O)=C(C(=O)c2sc(C)nc2C)C1c1cn(C)c2ccccc12. The number of aliphatic hydroxyl groups excluding tert-OH is 1. The van der Waals surface area contributed by atoms with Crippen LogP contribution in [0.1, 0.15) is 51.7 Å². The first-order valence-electron chi connectivity index (χ1n) is 10.1. The van der Waals surface area contributed by atoms with Crippen LogP contribution in [-0.4, -0.2) is 37.8 Å². The number of hydrogen-bond donors (Lipinski definition) is 1. The third kappa shape index (κ3) is 3.13. The van der Waals surface area contributed by atoms with Gasteiger partial charge in [0.2, 0.25) is 5.78 Å². The van der Waals surface area contributed by atoms with E-state index in [0.717, 1.165) is 34.3 Å². The summed E-state index contributed by atoms with van der Waals surface area (Å²) in [6.07, 6.45) is 3.65. The maximum Gasteiger partial charge on any atom is 0.290 e. The first-order valence-corrected chi connectivity index (χ1v) is 10.9. The van der Waals surface area contributed by atoms with E-state index in [2.05, 4.69) is 11.9 Å². The predicted molar refractivity (Wildman–Crippen MR) is 118 cm³/mol. The Bertz CT molecular complexity index is 1190. The molecular weight excluding hydrogens is 398 g/mol. The summed E-state index contributed by atoms with van der Waals surface area (Å²) in [6, 6.07) is 7.29. The van der Waals surface area contributed by atoms with Crippen molar-refractivity contribution in [2.45, 2.75) is 39.7 Å². The molecule has 1 aromatic carbocycles.